The quantitative estimate of drug-likeness (QED) is 0.501. The van der Waals surface area contributed by atoms with Crippen molar-refractivity contribution in [3.63, 3.8) is 0 Å². The van der Waals surface area contributed by atoms with Crippen LogP contribution in [0, 0.1) is 5.41 Å². The average molecular weight is 268 g/mol. The fourth-order valence-electron chi connectivity index (χ4n) is 0.849. The van der Waals surface area contributed by atoms with Crippen LogP contribution in [0.5, 0.6) is 5.75 Å². The monoisotopic (exact) mass is 266 g/mol. The first-order chi connectivity index (χ1) is 6.91. The van der Waals surface area contributed by atoms with E-state index in [1.807, 2.05) is 0 Å². The number of rotatable bonds is 3. The van der Waals surface area contributed by atoms with Crippen LogP contribution in [0.4, 0.5) is 0 Å². The van der Waals surface area contributed by atoms with Crippen molar-refractivity contribution in [3.8, 4) is 5.75 Å². The van der Waals surface area contributed by atoms with Crippen LogP contribution in [0.2, 0.25) is 15.1 Å². The number of nitrogens with two attached hydrogens (primary N) is 1. The molecule has 0 aromatic heterocycles. The van der Waals surface area contributed by atoms with Gasteiger partial charge in [-0.1, -0.05) is 34.8 Å². The molecule has 0 amide bonds. The molecule has 1 unspecified atom stereocenters. The highest BCUT2D eigenvalue weighted by molar-refractivity contribution is 6.43. The smallest absolute Gasteiger partial charge is 0.152 e. The zero-order chi connectivity index (χ0) is 11.6. The lowest BCUT2D eigenvalue weighted by atomic mass is 10.3. The van der Waals surface area contributed by atoms with E-state index >= 15 is 0 Å². The summed E-state index contributed by atoms with van der Waals surface area (Å²) >= 11 is 17.4. The first-order valence-corrected chi connectivity index (χ1v) is 5.20. The van der Waals surface area contributed by atoms with Gasteiger partial charge in [-0.2, -0.15) is 0 Å². The van der Waals surface area contributed by atoms with Gasteiger partial charge in [-0.15, -0.1) is 0 Å². The molecular weight excluding hydrogens is 258 g/mol. The zero-order valence-corrected chi connectivity index (χ0v) is 10.1. The van der Waals surface area contributed by atoms with Gasteiger partial charge in [0.25, 0.3) is 0 Å². The number of hydrogen-bond acceptors (Lipinski definition) is 2. The second-order valence-corrected chi connectivity index (χ2v) is 4.13. The van der Waals surface area contributed by atoms with E-state index < -0.39 is 6.10 Å². The maximum atomic E-state index is 7.17. The number of amidine groups is 1. The largest absolute Gasteiger partial charge is 0.481 e. The minimum absolute atomic E-state index is 0.0860. The summed E-state index contributed by atoms with van der Waals surface area (Å²) in [6.45, 7) is 1.64. The Hall–Kier alpha value is -0.640. The van der Waals surface area contributed by atoms with Crippen molar-refractivity contribution >= 4 is 40.6 Å². The molecule has 0 aliphatic heterocycles. The summed E-state index contributed by atoms with van der Waals surface area (Å²) in [7, 11) is 0. The van der Waals surface area contributed by atoms with Gasteiger partial charge >= 0.3 is 0 Å². The van der Waals surface area contributed by atoms with E-state index in [1.54, 1.807) is 6.92 Å². The topological polar surface area (TPSA) is 59.1 Å². The lowest BCUT2D eigenvalue weighted by Crippen LogP contribution is -2.30. The van der Waals surface area contributed by atoms with E-state index in [0.717, 1.165) is 0 Å². The van der Waals surface area contributed by atoms with Gasteiger partial charge in [0.15, 0.2) is 6.10 Å². The highest BCUT2D eigenvalue weighted by Gasteiger charge is 2.12. The van der Waals surface area contributed by atoms with Crippen molar-refractivity contribution in [1.82, 2.24) is 0 Å². The third kappa shape index (κ3) is 3.16. The van der Waals surface area contributed by atoms with Gasteiger partial charge in [-0.25, -0.2) is 0 Å². The average Bonchev–Trinajstić information content (AvgIpc) is 2.13. The van der Waals surface area contributed by atoms with Crippen molar-refractivity contribution in [1.29, 1.82) is 5.41 Å². The predicted octanol–water partition coefficient (Wildman–Crippen LogP) is 3.35. The molecule has 0 aliphatic carbocycles. The van der Waals surface area contributed by atoms with Crippen LogP contribution in [-0.4, -0.2) is 11.9 Å². The molecule has 0 bridgehead atoms. The van der Waals surface area contributed by atoms with Crippen LogP contribution in [0.25, 0.3) is 0 Å². The van der Waals surface area contributed by atoms with Crippen LogP contribution in [-0.2, 0) is 0 Å². The van der Waals surface area contributed by atoms with Crippen molar-refractivity contribution in [2.24, 2.45) is 5.73 Å². The van der Waals surface area contributed by atoms with Crippen molar-refractivity contribution in [2.75, 3.05) is 0 Å². The van der Waals surface area contributed by atoms with Gasteiger partial charge in [0.05, 0.1) is 15.1 Å². The molecule has 0 fully saturated rings. The molecule has 1 rings (SSSR count). The Bertz CT molecular complexity index is 395. The van der Waals surface area contributed by atoms with Crippen LogP contribution in [0.1, 0.15) is 6.92 Å². The van der Waals surface area contributed by atoms with E-state index in [9.17, 15) is 0 Å². The molecule has 0 spiro atoms. The van der Waals surface area contributed by atoms with Gasteiger partial charge in [-0.3, -0.25) is 5.41 Å². The second kappa shape index (κ2) is 4.92. The number of halogens is 3. The molecular formula is C9H9Cl3N2O. The molecule has 0 saturated heterocycles. The third-order valence-electron chi connectivity index (χ3n) is 1.72. The van der Waals surface area contributed by atoms with Crippen molar-refractivity contribution in [2.45, 2.75) is 13.0 Å². The standard InChI is InChI=1S/C9H9Cl3N2O/c1-4(9(13)14)15-8-3-6(11)5(10)2-7(8)12/h2-4H,1H3,(H3,13,14). The van der Waals surface area contributed by atoms with E-state index in [2.05, 4.69) is 0 Å². The summed E-state index contributed by atoms with van der Waals surface area (Å²) in [4.78, 5) is 0. The van der Waals surface area contributed by atoms with Gasteiger partial charge in [0, 0.05) is 6.07 Å². The Kier molecular flexibility index (Phi) is 4.08. The van der Waals surface area contributed by atoms with E-state index in [-0.39, 0.29) is 5.84 Å². The molecule has 0 radical (unpaired) electrons. The number of nitrogens with one attached hydrogen (secondary N) is 1. The molecule has 0 heterocycles. The van der Waals surface area contributed by atoms with Crippen LogP contribution in [0.15, 0.2) is 12.1 Å². The first kappa shape index (κ1) is 12.4. The number of benzene rings is 1. The summed E-state index contributed by atoms with van der Waals surface area (Å²) < 4.78 is 5.32. The molecule has 1 aromatic carbocycles. The fraction of sp³-hybridized carbons (Fsp3) is 0.222. The van der Waals surface area contributed by atoms with E-state index in [1.165, 1.54) is 12.1 Å². The minimum Gasteiger partial charge on any atom is -0.481 e. The molecule has 1 atom stereocenters. The summed E-state index contributed by atoms with van der Waals surface area (Å²) in [6.07, 6.45) is -0.556. The Morgan fingerprint density at radius 2 is 1.80 bits per heavy atom. The Balaban J connectivity index is 2.95. The molecule has 0 aliphatic rings. The van der Waals surface area contributed by atoms with E-state index in [0.29, 0.717) is 20.8 Å². The van der Waals surface area contributed by atoms with Crippen molar-refractivity contribution < 1.29 is 4.74 Å². The Labute approximate surface area is 103 Å². The molecule has 3 N–H and O–H groups in total. The summed E-state index contributed by atoms with van der Waals surface area (Å²) in [5, 5.41) is 8.19. The molecule has 82 valence electrons. The normalized spacial score (nSPS) is 12.3. The zero-order valence-electron chi connectivity index (χ0n) is 7.85. The highest BCUT2D eigenvalue weighted by Crippen LogP contribution is 2.34. The van der Waals surface area contributed by atoms with Crippen molar-refractivity contribution in [3.05, 3.63) is 27.2 Å². The Morgan fingerprint density at radius 3 is 2.33 bits per heavy atom. The summed E-state index contributed by atoms with van der Waals surface area (Å²) in [6, 6.07) is 2.97. The third-order valence-corrected chi connectivity index (χ3v) is 2.73. The molecule has 0 saturated carbocycles. The first-order valence-electron chi connectivity index (χ1n) is 4.07. The number of hydrogen-bond donors (Lipinski definition) is 2. The minimum atomic E-state index is -0.556. The SMILES string of the molecule is CC(Oc1cc(Cl)c(Cl)cc1Cl)C(=N)N. The lowest BCUT2D eigenvalue weighted by Gasteiger charge is -2.14. The molecule has 15 heavy (non-hydrogen) atoms. The number of ether oxygens (including phenoxy) is 1. The summed E-state index contributed by atoms with van der Waals surface area (Å²) in [5.41, 5.74) is 5.26. The van der Waals surface area contributed by atoms with Gasteiger partial charge < -0.3 is 10.5 Å². The lowest BCUT2D eigenvalue weighted by molar-refractivity contribution is 0.285. The Morgan fingerprint density at radius 1 is 1.27 bits per heavy atom. The van der Waals surface area contributed by atoms with Crippen LogP contribution < -0.4 is 10.5 Å². The summed E-state index contributed by atoms with van der Waals surface area (Å²) in [5.74, 6) is 0.269. The second-order valence-electron chi connectivity index (χ2n) is 2.91. The van der Waals surface area contributed by atoms with Gasteiger partial charge in [0.2, 0.25) is 0 Å². The van der Waals surface area contributed by atoms with Crippen LogP contribution in [0.3, 0.4) is 0 Å². The molecule has 3 nitrogen and oxygen atoms in total. The molecule has 6 heteroatoms. The van der Waals surface area contributed by atoms with E-state index in [4.69, 9.17) is 50.7 Å². The van der Waals surface area contributed by atoms with Gasteiger partial charge in [-0.05, 0) is 13.0 Å². The molecule has 1 aromatic rings. The predicted molar refractivity (Wildman–Crippen MR) is 63.5 cm³/mol. The van der Waals surface area contributed by atoms with Crippen LogP contribution >= 0.6 is 34.8 Å². The maximum absolute atomic E-state index is 7.17. The van der Waals surface area contributed by atoms with Gasteiger partial charge in [0.1, 0.15) is 11.6 Å². The highest BCUT2D eigenvalue weighted by atomic mass is 35.5. The maximum Gasteiger partial charge on any atom is 0.152 e. The fourth-order valence-corrected chi connectivity index (χ4v) is 1.43.